The third-order valence-corrected chi connectivity index (χ3v) is 6.46. The maximum atomic E-state index is 12.5. The second kappa shape index (κ2) is 18.7. The molecule has 1 fully saturated rings. The standard InChI is InChI=1S/C29H49NO6/c1-24(2)10-12-32-14-16-34-18-20-36-21-19-35-17-15-33-13-11-28(31)30-22-27(23-30)29(25(3)4)26-8-6-5-7-9-26/h5-9,24-25,27,29H,10-23H2,1-4H3/t29-/m1/s1. The van der Waals surface area contributed by atoms with E-state index >= 15 is 0 Å². The minimum absolute atomic E-state index is 0.181. The number of rotatable bonds is 21. The van der Waals surface area contributed by atoms with Crippen LogP contribution in [0.2, 0.25) is 0 Å². The topological polar surface area (TPSA) is 66.5 Å². The Morgan fingerprint density at radius 3 is 1.69 bits per heavy atom. The Morgan fingerprint density at radius 2 is 1.22 bits per heavy atom. The maximum Gasteiger partial charge on any atom is 0.224 e. The van der Waals surface area contributed by atoms with Crippen molar-refractivity contribution in [2.45, 2.75) is 46.5 Å². The van der Waals surface area contributed by atoms with Gasteiger partial charge in [-0.15, -0.1) is 0 Å². The third-order valence-electron chi connectivity index (χ3n) is 6.46. The summed E-state index contributed by atoms with van der Waals surface area (Å²) in [6.07, 6.45) is 1.51. The second-order valence-corrected chi connectivity index (χ2v) is 10.2. The lowest BCUT2D eigenvalue weighted by atomic mass is 9.74. The van der Waals surface area contributed by atoms with Gasteiger partial charge in [0.1, 0.15) is 0 Å². The predicted molar refractivity (Wildman–Crippen MR) is 142 cm³/mol. The van der Waals surface area contributed by atoms with Crippen molar-refractivity contribution in [3.63, 3.8) is 0 Å². The molecule has 1 aromatic rings. The third kappa shape index (κ3) is 12.6. The van der Waals surface area contributed by atoms with Gasteiger partial charge in [-0.2, -0.15) is 0 Å². The molecule has 7 nitrogen and oxygen atoms in total. The van der Waals surface area contributed by atoms with Crippen molar-refractivity contribution in [1.29, 1.82) is 0 Å². The molecule has 0 radical (unpaired) electrons. The van der Waals surface area contributed by atoms with Crippen LogP contribution in [-0.2, 0) is 28.5 Å². The first-order valence-corrected chi connectivity index (χ1v) is 13.7. The van der Waals surface area contributed by atoms with Gasteiger partial charge < -0.3 is 28.6 Å². The molecule has 7 heteroatoms. The van der Waals surface area contributed by atoms with Crippen molar-refractivity contribution in [2.24, 2.45) is 17.8 Å². The van der Waals surface area contributed by atoms with Crippen molar-refractivity contribution in [3.8, 4) is 0 Å². The molecule has 1 amide bonds. The maximum absolute atomic E-state index is 12.5. The van der Waals surface area contributed by atoms with Crippen LogP contribution in [0.25, 0.3) is 0 Å². The fourth-order valence-electron chi connectivity index (χ4n) is 4.44. The molecule has 36 heavy (non-hydrogen) atoms. The summed E-state index contributed by atoms with van der Waals surface area (Å²) in [6, 6.07) is 10.7. The van der Waals surface area contributed by atoms with Gasteiger partial charge in [-0.05, 0) is 29.7 Å². The number of hydrogen-bond donors (Lipinski definition) is 0. The number of benzene rings is 1. The van der Waals surface area contributed by atoms with Gasteiger partial charge in [0.05, 0.1) is 65.9 Å². The predicted octanol–water partition coefficient (Wildman–Crippen LogP) is 4.40. The van der Waals surface area contributed by atoms with E-state index in [9.17, 15) is 4.79 Å². The molecule has 0 unspecified atom stereocenters. The Balaban J connectivity index is 1.36. The summed E-state index contributed by atoms with van der Waals surface area (Å²) in [5.41, 5.74) is 1.38. The van der Waals surface area contributed by atoms with E-state index in [1.54, 1.807) is 0 Å². The molecular weight excluding hydrogens is 458 g/mol. The van der Waals surface area contributed by atoms with Gasteiger partial charge >= 0.3 is 0 Å². The summed E-state index contributed by atoms with van der Waals surface area (Å²) < 4.78 is 27.5. The van der Waals surface area contributed by atoms with E-state index in [1.165, 1.54) is 5.56 Å². The molecule has 0 spiro atoms. The molecule has 206 valence electrons. The summed E-state index contributed by atoms with van der Waals surface area (Å²) in [5.74, 6) is 2.44. The molecular formula is C29H49NO6. The van der Waals surface area contributed by atoms with Gasteiger partial charge in [0.2, 0.25) is 5.91 Å². The zero-order valence-corrected chi connectivity index (χ0v) is 23.0. The molecule has 0 aromatic heterocycles. The number of hydrogen-bond acceptors (Lipinski definition) is 6. The van der Waals surface area contributed by atoms with Crippen LogP contribution in [0.3, 0.4) is 0 Å². The summed E-state index contributed by atoms with van der Waals surface area (Å²) in [7, 11) is 0. The Labute approximate surface area is 218 Å². The van der Waals surface area contributed by atoms with Gasteiger partial charge in [-0.1, -0.05) is 58.0 Å². The molecule has 1 saturated heterocycles. The molecule has 0 N–H and O–H groups in total. The van der Waals surface area contributed by atoms with Crippen molar-refractivity contribution >= 4 is 5.91 Å². The van der Waals surface area contributed by atoms with Crippen molar-refractivity contribution in [3.05, 3.63) is 35.9 Å². The molecule has 1 atom stereocenters. The lowest BCUT2D eigenvalue weighted by molar-refractivity contribution is -0.139. The first-order valence-electron chi connectivity index (χ1n) is 13.7. The Hall–Kier alpha value is -1.51. The SMILES string of the molecule is CC(C)CCOCCOCCOCCOCCOCCC(=O)N1CC([C@@H](c2ccccc2)C(C)C)C1. The van der Waals surface area contributed by atoms with Gasteiger partial charge in [0, 0.05) is 25.6 Å². The van der Waals surface area contributed by atoms with Crippen LogP contribution < -0.4 is 0 Å². The zero-order valence-electron chi connectivity index (χ0n) is 23.0. The summed E-state index contributed by atoms with van der Waals surface area (Å²) >= 11 is 0. The lowest BCUT2D eigenvalue weighted by Gasteiger charge is -2.45. The minimum atomic E-state index is 0.181. The summed E-state index contributed by atoms with van der Waals surface area (Å²) in [5, 5.41) is 0. The largest absolute Gasteiger partial charge is 0.379 e. The normalized spacial score (nSPS) is 15.0. The number of nitrogens with zero attached hydrogens (tertiary/aromatic N) is 1. The van der Waals surface area contributed by atoms with Gasteiger partial charge in [-0.3, -0.25) is 4.79 Å². The first-order chi connectivity index (χ1) is 17.5. The highest BCUT2D eigenvalue weighted by Crippen LogP contribution is 2.37. The summed E-state index contributed by atoms with van der Waals surface area (Å²) in [4.78, 5) is 14.4. The minimum Gasteiger partial charge on any atom is -0.379 e. The van der Waals surface area contributed by atoms with Crippen molar-refractivity contribution in [1.82, 2.24) is 4.90 Å². The van der Waals surface area contributed by atoms with E-state index in [0.29, 0.717) is 89.6 Å². The van der Waals surface area contributed by atoms with Crippen LogP contribution in [-0.4, -0.2) is 90.0 Å². The van der Waals surface area contributed by atoms with E-state index < -0.39 is 0 Å². The fraction of sp³-hybridized carbons (Fsp3) is 0.759. The monoisotopic (exact) mass is 507 g/mol. The smallest absolute Gasteiger partial charge is 0.224 e. The van der Waals surface area contributed by atoms with Crippen LogP contribution in [0.1, 0.15) is 52.0 Å². The summed E-state index contributed by atoms with van der Waals surface area (Å²) in [6.45, 7) is 16.2. The van der Waals surface area contributed by atoms with Crippen LogP contribution in [0.4, 0.5) is 0 Å². The molecule has 1 aliphatic heterocycles. The zero-order chi connectivity index (χ0) is 26.0. The van der Waals surface area contributed by atoms with E-state index in [4.69, 9.17) is 23.7 Å². The van der Waals surface area contributed by atoms with E-state index in [1.807, 2.05) is 4.90 Å². The highest BCUT2D eigenvalue weighted by molar-refractivity contribution is 5.77. The van der Waals surface area contributed by atoms with Gasteiger partial charge in [-0.25, -0.2) is 0 Å². The van der Waals surface area contributed by atoms with Crippen molar-refractivity contribution < 1.29 is 28.5 Å². The van der Waals surface area contributed by atoms with E-state index in [-0.39, 0.29) is 5.91 Å². The number of carbonyl (C=O) groups excluding carboxylic acids is 1. The average Bonchev–Trinajstić information content (AvgIpc) is 2.82. The molecule has 1 aromatic carbocycles. The fourth-order valence-corrected chi connectivity index (χ4v) is 4.44. The van der Waals surface area contributed by atoms with Crippen molar-refractivity contribution in [2.75, 3.05) is 79.2 Å². The number of likely N-dealkylation sites (tertiary alicyclic amines) is 1. The number of amides is 1. The van der Waals surface area contributed by atoms with Crippen LogP contribution in [0, 0.1) is 17.8 Å². The van der Waals surface area contributed by atoms with E-state index in [2.05, 4.69) is 58.0 Å². The number of ether oxygens (including phenoxy) is 5. The highest BCUT2D eigenvalue weighted by atomic mass is 16.6. The van der Waals surface area contributed by atoms with Crippen LogP contribution >= 0.6 is 0 Å². The molecule has 1 heterocycles. The van der Waals surface area contributed by atoms with E-state index in [0.717, 1.165) is 26.1 Å². The number of carbonyl (C=O) groups is 1. The molecule has 0 aliphatic carbocycles. The van der Waals surface area contributed by atoms with Gasteiger partial charge in [0.15, 0.2) is 0 Å². The Bertz CT molecular complexity index is 678. The molecule has 1 aliphatic rings. The quantitative estimate of drug-likeness (QED) is 0.230. The average molecular weight is 508 g/mol. The van der Waals surface area contributed by atoms with Gasteiger partial charge in [0.25, 0.3) is 0 Å². The Kier molecular flexibility index (Phi) is 15.9. The molecule has 2 rings (SSSR count). The Morgan fingerprint density at radius 1 is 0.750 bits per heavy atom. The molecule has 0 bridgehead atoms. The highest BCUT2D eigenvalue weighted by Gasteiger charge is 2.37. The van der Waals surface area contributed by atoms with Crippen LogP contribution in [0.5, 0.6) is 0 Å². The second-order valence-electron chi connectivity index (χ2n) is 10.2. The first kappa shape index (κ1) is 30.7. The lowest BCUT2D eigenvalue weighted by Crippen LogP contribution is -2.53. The molecule has 0 saturated carbocycles. The van der Waals surface area contributed by atoms with Crippen LogP contribution in [0.15, 0.2) is 30.3 Å².